The Bertz CT molecular complexity index is 654. The molecule has 23 heavy (non-hydrogen) atoms. The van der Waals surface area contributed by atoms with E-state index in [1.807, 2.05) is 13.8 Å². The molecule has 1 aliphatic rings. The Hall–Kier alpha value is -1.12. The number of nitrogens with zero attached hydrogens (tertiary/aromatic N) is 1. The summed E-state index contributed by atoms with van der Waals surface area (Å²) in [6, 6.07) is 4.81. The van der Waals surface area contributed by atoms with E-state index in [2.05, 4.69) is 0 Å². The van der Waals surface area contributed by atoms with Gasteiger partial charge in [-0.25, -0.2) is 8.42 Å². The molecule has 0 saturated carbocycles. The maximum atomic E-state index is 12.6. The molecule has 4 nitrogen and oxygen atoms in total. The van der Waals surface area contributed by atoms with E-state index in [-0.39, 0.29) is 21.9 Å². The predicted octanol–water partition coefficient (Wildman–Crippen LogP) is 2.54. The standard InChI is InChI=1S/C15H21F3N2O2S/c1-14(2)10-20(8-7-13(14)19)23(21,22)12-5-3-11(4-6-12)9-15(16,17)18/h3-6,13H,7-10,19H2,1-2H3. The van der Waals surface area contributed by atoms with Crippen LogP contribution in [0.3, 0.4) is 0 Å². The lowest BCUT2D eigenvalue weighted by Gasteiger charge is -2.41. The van der Waals surface area contributed by atoms with Crippen molar-refractivity contribution in [3.05, 3.63) is 29.8 Å². The topological polar surface area (TPSA) is 63.4 Å². The van der Waals surface area contributed by atoms with E-state index in [4.69, 9.17) is 5.73 Å². The number of hydrogen-bond donors (Lipinski definition) is 1. The van der Waals surface area contributed by atoms with Crippen molar-refractivity contribution in [2.24, 2.45) is 11.1 Å². The molecule has 1 aliphatic heterocycles. The molecular formula is C15H21F3N2O2S. The summed E-state index contributed by atoms with van der Waals surface area (Å²) >= 11 is 0. The number of hydrogen-bond acceptors (Lipinski definition) is 3. The number of sulfonamides is 1. The minimum absolute atomic E-state index is 0.00898. The highest BCUT2D eigenvalue weighted by Crippen LogP contribution is 2.31. The third-order valence-corrected chi connectivity index (χ3v) is 6.10. The van der Waals surface area contributed by atoms with Gasteiger partial charge in [0.05, 0.1) is 11.3 Å². The average Bonchev–Trinajstić information content (AvgIpc) is 2.40. The van der Waals surface area contributed by atoms with Crippen LogP contribution in [0.15, 0.2) is 29.2 Å². The van der Waals surface area contributed by atoms with Gasteiger partial charge in [-0.2, -0.15) is 17.5 Å². The first-order valence-corrected chi connectivity index (χ1v) is 8.77. The van der Waals surface area contributed by atoms with E-state index in [0.717, 1.165) is 0 Å². The molecule has 2 rings (SSSR count). The third-order valence-electron chi connectivity index (χ3n) is 4.24. The molecule has 0 radical (unpaired) electrons. The lowest BCUT2D eigenvalue weighted by atomic mass is 9.81. The van der Waals surface area contributed by atoms with Gasteiger partial charge in [-0.05, 0) is 29.5 Å². The van der Waals surface area contributed by atoms with Crippen molar-refractivity contribution in [1.29, 1.82) is 0 Å². The molecule has 1 aromatic carbocycles. The van der Waals surface area contributed by atoms with E-state index < -0.39 is 22.6 Å². The summed E-state index contributed by atoms with van der Waals surface area (Å²) in [6.07, 6.45) is -4.83. The molecule has 2 N–H and O–H groups in total. The second-order valence-corrected chi connectivity index (χ2v) is 8.60. The zero-order valence-electron chi connectivity index (χ0n) is 13.1. The molecule has 0 bridgehead atoms. The summed E-state index contributed by atoms with van der Waals surface area (Å²) in [6.45, 7) is 4.43. The van der Waals surface area contributed by atoms with Crippen molar-refractivity contribution < 1.29 is 21.6 Å². The Morgan fingerprint density at radius 1 is 1.26 bits per heavy atom. The fraction of sp³-hybridized carbons (Fsp3) is 0.600. The van der Waals surface area contributed by atoms with Crippen LogP contribution in [-0.2, 0) is 16.4 Å². The van der Waals surface area contributed by atoms with E-state index in [1.54, 1.807) is 0 Å². The first-order valence-electron chi connectivity index (χ1n) is 7.33. The Balaban J connectivity index is 2.20. The van der Waals surface area contributed by atoms with Gasteiger partial charge in [-0.3, -0.25) is 0 Å². The number of alkyl halides is 3. The van der Waals surface area contributed by atoms with Crippen molar-refractivity contribution >= 4 is 10.0 Å². The third kappa shape index (κ3) is 4.24. The highest BCUT2D eigenvalue weighted by Gasteiger charge is 2.38. The van der Waals surface area contributed by atoms with Crippen molar-refractivity contribution in [3.63, 3.8) is 0 Å². The van der Waals surface area contributed by atoms with Gasteiger partial charge in [0.25, 0.3) is 0 Å². The molecule has 1 unspecified atom stereocenters. The normalized spacial score (nSPS) is 23.0. The summed E-state index contributed by atoms with van der Waals surface area (Å²) in [4.78, 5) is 0.00898. The molecule has 1 heterocycles. The van der Waals surface area contributed by atoms with Crippen LogP contribution in [0.4, 0.5) is 13.2 Å². The van der Waals surface area contributed by atoms with Crippen molar-refractivity contribution in [2.75, 3.05) is 13.1 Å². The van der Waals surface area contributed by atoms with Gasteiger partial charge in [0.2, 0.25) is 10.0 Å². The molecule has 0 aromatic heterocycles. The van der Waals surface area contributed by atoms with Gasteiger partial charge in [0.1, 0.15) is 0 Å². The van der Waals surface area contributed by atoms with Crippen LogP contribution in [0, 0.1) is 5.41 Å². The monoisotopic (exact) mass is 350 g/mol. The first-order chi connectivity index (χ1) is 10.4. The van der Waals surface area contributed by atoms with Crippen LogP contribution in [0.5, 0.6) is 0 Å². The Labute approximate surface area is 134 Å². The van der Waals surface area contributed by atoms with Gasteiger partial charge in [0.15, 0.2) is 0 Å². The molecular weight excluding hydrogens is 329 g/mol. The number of benzene rings is 1. The fourth-order valence-electron chi connectivity index (χ4n) is 2.69. The van der Waals surface area contributed by atoms with Gasteiger partial charge in [-0.15, -0.1) is 0 Å². The highest BCUT2D eigenvalue weighted by atomic mass is 32.2. The van der Waals surface area contributed by atoms with Crippen molar-refractivity contribution in [2.45, 2.75) is 43.8 Å². The van der Waals surface area contributed by atoms with E-state index in [9.17, 15) is 21.6 Å². The van der Waals surface area contributed by atoms with Crippen LogP contribution in [-0.4, -0.2) is 38.0 Å². The Morgan fingerprint density at radius 2 is 1.83 bits per heavy atom. The second kappa shape index (κ2) is 6.07. The average molecular weight is 350 g/mol. The first kappa shape index (κ1) is 18.2. The van der Waals surface area contributed by atoms with E-state index in [1.165, 1.54) is 28.6 Å². The molecule has 8 heteroatoms. The molecule has 0 spiro atoms. The van der Waals surface area contributed by atoms with Crippen LogP contribution in [0.25, 0.3) is 0 Å². The van der Waals surface area contributed by atoms with E-state index in [0.29, 0.717) is 19.5 Å². The van der Waals surface area contributed by atoms with Gasteiger partial charge in [-0.1, -0.05) is 26.0 Å². The number of rotatable bonds is 3. The molecule has 0 amide bonds. The summed E-state index contributed by atoms with van der Waals surface area (Å²) in [5.41, 5.74) is 5.70. The maximum absolute atomic E-state index is 12.6. The van der Waals surface area contributed by atoms with Crippen LogP contribution in [0.2, 0.25) is 0 Å². The minimum Gasteiger partial charge on any atom is -0.327 e. The molecule has 1 aromatic rings. The van der Waals surface area contributed by atoms with Gasteiger partial charge in [0, 0.05) is 19.1 Å². The molecule has 0 aliphatic carbocycles. The maximum Gasteiger partial charge on any atom is 0.393 e. The fourth-order valence-corrected chi connectivity index (χ4v) is 4.32. The number of piperidine rings is 1. The lowest BCUT2D eigenvalue weighted by Crippen LogP contribution is -2.53. The highest BCUT2D eigenvalue weighted by molar-refractivity contribution is 7.89. The summed E-state index contributed by atoms with van der Waals surface area (Å²) in [5, 5.41) is 0. The summed E-state index contributed by atoms with van der Waals surface area (Å²) < 4.78 is 63.7. The molecule has 1 saturated heterocycles. The van der Waals surface area contributed by atoms with Crippen LogP contribution in [0.1, 0.15) is 25.8 Å². The number of nitrogens with two attached hydrogens (primary N) is 1. The zero-order chi connectivity index (χ0) is 17.5. The van der Waals surface area contributed by atoms with Gasteiger partial charge >= 0.3 is 6.18 Å². The zero-order valence-corrected chi connectivity index (χ0v) is 13.9. The van der Waals surface area contributed by atoms with Crippen molar-refractivity contribution in [1.82, 2.24) is 4.31 Å². The molecule has 1 fully saturated rings. The van der Waals surface area contributed by atoms with Gasteiger partial charge < -0.3 is 5.73 Å². The Kier molecular flexibility index (Phi) is 4.81. The largest absolute Gasteiger partial charge is 0.393 e. The lowest BCUT2D eigenvalue weighted by molar-refractivity contribution is -0.127. The number of halogens is 3. The second-order valence-electron chi connectivity index (χ2n) is 6.66. The summed E-state index contributed by atoms with van der Waals surface area (Å²) in [5.74, 6) is 0. The quantitative estimate of drug-likeness (QED) is 0.911. The molecule has 130 valence electrons. The van der Waals surface area contributed by atoms with Crippen LogP contribution < -0.4 is 5.73 Å². The smallest absolute Gasteiger partial charge is 0.327 e. The van der Waals surface area contributed by atoms with E-state index >= 15 is 0 Å². The van der Waals surface area contributed by atoms with Crippen molar-refractivity contribution in [3.8, 4) is 0 Å². The minimum atomic E-state index is -4.31. The SMILES string of the molecule is CC1(C)CN(S(=O)(=O)c2ccc(CC(F)(F)F)cc2)CCC1N. The molecule has 1 atom stereocenters. The summed E-state index contributed by atoms with van der Waals surface area (Å²) in [7, 11) is -3.72. The predicted molar refractivity (Wildman–Crippen MR) is 81.3 cm³/mol. The van der Waals surface area contributed by atoms with Crippen LogP contribution >= 0.6 is 0 Å². The Morgan fingerprint density at radius 3 is 2.30 bits per heavy atom.